The molecule has 0 heterocycles. The maximum atomic E-state index is 12.0. The van der Waals surface area contributed by atoms with Crippen molar-refractivity contribution in [1.29, 1.82) is 0 Å². The Morgan fingerprint density at radius 3 is 2.32 bits per heavy atom. The molecule has 0 radical (unpaired) electrons. The van der Waals surface area contributed by atoms with Crippen molar-refractivity contribution in [2.45, 2.75) is 6.92 Å². The molecule has 0 saturated carbocycles. The molecule has 0 fully saturated rings. The van der Waals surface area contributed by atoms with Gasteiger partial charge in [-0.05, 0) is 47.9 Å². The number of halogens is 1. The van der Waals surface area contributed by atoms with E-state index in [0.29, 0.717) is 16.5 Å². The van der Waals surface area contributed by atoms with Crippen molar-refractivity contribution in [1.82, 2.24) is 0 Å². The Balaban J connectivity index is 1.56. The number of benzene rings is 3. The summed E-state index contributed by atoms with van der Waals surface area (Å²) in [6.45, 7) is 1.85. The first-order chi connectivity index (χ1) is 12.1. The maximum Gasteiger partial charge on any atom is 0.262 e. The number of anilines is 1. The van der Waals surface area contributed by atoms with Crippen LogP contribution in [-0.2, 0) is 4.79 Å². The van der Waals surface area contributed by atoms with Gasteiger partial charge >= 0.3 is 0 Å². The van der Waals surface area contributed by atoms with Crippen LogP contribution in [0.3, 0.4) is 0 Å². The van der Waals surface area contributed by atoms with Crippen LogP contribution in [0.5, 0.6) is 5.75 Å². The van der Waals surface area contributed by atoms with Gasteiger partial charge in [-0.1, -0.05) is 60.1 Å². The van der Waals surface area contributed by atoms with Gasteiger partial charge in [0.05, 0.1) is 0 Å². The predicted octanol–water partition coefficient (Wildman–Crippen LogP) is 5.33. The molecule has 0 saturated heterocycles. The fraction of sp³-hybridized carbons (Fsp3) is 0.0952. The number of carbonyl (C=O) groups excluding carboxylic acids is 1. The van der Waals surface area contributed by atoms with Gasteiger partial charge in [0.15, 0.2) is 6.61 Å². The second-order valence-corrected chi connectivity index (χ2v) is 6.10. The second kappa shape index (κ2) is 7.86. The van der Waals surface area contributed by atoms with Gasteiger partial charge in [-0.15, -0.1) is 0 Å². The highest BCUT2D eigenvalue weighted by Crippen LogP contribution is 2.22. The lowest BCUT2D eigenvalue weighted by atomic mass is 10.1. The Morgan fingerprint density at radius 1 is 0.960 bits per heavy atom. The van der Waals surface area contributed by atoms with E-state index in [4.69, 9.17) is 16.3 Å². The SMILES string of the molecule is Cc1ccc(NC(=O)COc2ccc(-c3ccccc3)cc2)cc1Cl. The molecule has 1 N–H and O–H groups in total. The van der Waals surface area contributed by atoms with Gasteiger partial charge in [0.25, 0.3) is 5.91 Å². The van der Waals surface area contributed by atoms with Crippen molar-refractivity contribution >= 4 is 23.2 Å². The van der Waals surface area contributed by atoms with Crippen molar-refractivity contribution in [3.63, 3.8) is 0 Å². The van der Waals surface area contributed by atoms with E-state index < -0.39 is 0 Å². The third-order valence-corrected chi connectivity index (χ3v) is 4.19. The fourth-order valence-corrected chi connectivity index (χ4v) is 2.57. The van der Waals surface area contributed by atoms with E-state index in [-0.39, 0.29) is 12.5 Å². The van der Waals surface area contributed by atoms with E-state index in [2.05, 4.69) is 17.4 Å². The molecule has 0 aliphatic rings. The highest BCUT2D eigenvalue weighted by atomic mass is 35.5. The highest BCUT2D eigenvalue weighted by molar-refractivity contribution is 6.31. The van der Waals surface area contributed by atoms with Crippen LogP contribution < -0.4 is 10.1 Å². The molecule has 3 nitrogen and oxygen atoms in total. The summed E-state index contributed by atoms with van der Waals surface area (Å²) in [5.41, 5.74) is 3.87. The molecule has 4 heteroatoms. The zero-order valence-corrected chi connectivity index (χ0v) is 14.6. The molecule has 0 spiro atoms. The first-order valence-corrected chi connectivity index (χ1v) is 8.34. The minimum absolute atomic E-state index is 0.0593. The molecule has 3 rings (SSSR count). The Kier molecular flexibility index (Phi) is 5.36. The normalized spacial score (nSPS) is 10.3. The highest BCUT2D eigenvalue weighted by Gasteiger charge is 2.06. The van der Waals surface area contributed by atoms with Gasteiger partial charge < -0.3 is 10.1 Å². The van der Waals surface area contributed by atoms with Gasteiger partial charge in [0.1, 0.15) is 5.75 Å². The summed E-state index contributed by atoms with van der Waals surface area (Å²) in [5.74, 6) is 0.420. The van der Waals surface area contributed by atoms with E-state index in [0.717, 1.165) is 16.7 Å². The number of hydrogen-bond acceptors (Lipinski definition) is 2. The number of ether oxygens (including phenoxy) is 1. The topological polar surface area (TPSA) is 38.3 Å². The van der Waals surface area contributed by atoms with Crippen molar-refractivity contribution in [2.24, 2.45) is 0 Å². The van der Waals surface area contributed by atoms with Crippen LogP contribution in [-0.4, -0.2) is 12.5 Å². The van der Waals surface area contributed by atoms with E-state index in [9.17, 15) is 4.79 Å². The first-order valence-electron chi connectivity index (χ1n) is 7.96. The smallest absolute Gasteiger partial charge is 0.262 e. The first kappa shape index (κ1) is 17.1. The molecule has 0 aromatic heterocycles. The summed E-state index contributed by atoms with van der Waals surface area (Å²) in [6, 6.07) is 23.2. The third kappa shape index (κ3) is 4.61. The number of rotatable bonds is 5. The molecule has 25 heavy (non-hydrogen) atoms. The number of nitrogens with one attached hydrogen (secondary N) is 1. The zero-order chi connectivity index (χ0) is 17.6. The molecule has 126 valence electrons. The van der Waals surface area contributed by atoms with Crippen LogP contribution in [0.4, 0.5) is 5.69 Å². The summed E-state index contributed by atoms with van der Waals surface area (Å²) in [7, 11) is 0. The summed E-state index contributed by atoms with van der Waals surface area (Å²) in [6.07, 6.45) is 0. The number of aryl methyl sites for hydroxylation is 1. The minimum Gasteiger partial charge on any atom is -0.484 e. The van der Waals surface area contributed by atoms with Crippen LogP contribution in [0.15, 0.2) is 72.8 Å². The molecular weight excluding hydrogens is 334 g/mol. The van der Waals surface area contributed by atoms with E-state index in [1.165, 1.54) is 0 Å². The van der Waals surface area contributed by atoms with E-state index in [1.54, 1.807) is 6.07 Å². The van der Waals surface area contributed by atoms with Crippen LogP contribution in [0.2, 0.25) is 5.02 Å². The Labute approximate surface area is 152 Å². The average molecular weight is 352 g/mol. The monoisotopic (exact) mass is 351 g/mol. The van der Waals surface area contributed by atoms with Gasteiger partial charge in [0, 0.05) is 10.7 Å². The van der Waals surface area contributed by atoms with Crippen molar-refractivity contribution in [2.75, 3.05) is 11.9 Å². The zero-order valence-electron chi connectivity index (χ0n) is 13.8. The lowest BCUT2D eigenvalue weighted by Gasteiger charge is -2.09. The molecule has 1 amide bonds. The van der Waals surface area contributed by atoms with Crippen LogP contribution >= 0.6 is 11.6 Å². The van der Waals surface area contributed by atoms with Crippen LogP contribution in [0.25, 0.3) is 11.1 Å². The molecule has 0 aliphatic carbocycles. The predicted molar refractivity (Wildman–Crippen MR) is 102 cm³/mol. The van der Waals surface area contributed by atoms with Gasteiger partial charge in [-0.2, -0.15) is 0 Å². The average Bonchev–Trinajstić information content (AvgIpc) is 2.64. The molecule has 3 aromatic carbocycles. The quantitative estimate of drug-likeness (QED) is 0.674. The number of carbonyl (C=O) groups is 1. The molecule has 0 unspecified atom stereocenters. The number of hydrogen-bond donors (Lipinski definition) is 1. The fourth-order valence-electron chi connectivity index (χ4n) is 2.39. The second-order valence-electron chi connectivity index (χ2n) is 5.69. The molecular formula is C21H18ClNO2. The number of amides is 1. The minimum atomic E-state index is -0.230. The molecule has 0 aliphatic heterocycles. The van der Waals surface area contributed by atoms with Crippen molar-refractivity contribution in [3.05, 3.63) is 83.4 Å². The Morgan fingerprint density at radius 2 is 1.64 bits per heavy atom. The lowest BCUT2D eigenvalue weighted by Crippen LogP contribution is -2.20. The maximum absolute atomic E-state index is 12.0. The Bertz CT molecular complexity index is 861. The summed E-state index contributed by atoms with van der Waals surface area (Å²) >= 11 is 6.05. The summed E-state index contributed by atoms with van der Waals surface area (Å²) in [4.78, 5) is 12.0. The largest absolute Gasteiger partial charge is 0.484 e. The summed E-state index contributed by atoms with van der Waals surface area (Å²) in [5, 5.41) is 3.39. The molecule has 3 aromatic rings. The van der Waals surface area contributed by atoms with E-state index in [1.807, 2.05) is 61.5 Å². The van der Waals surface area contributed by atoms with E-state index >= 15 is 0 Å². The van der Waals surface area contributed by atoms with Crippen LogP contribution in [0, 0.1) is 6.92 Å². The van der Waals surface area contributed by atoms with Gasteiger partial charge in [0.2, 0.25) is 0 Å². The van der Waals surface area contributed by atoms with Crippen molar-refractivity contribution in [3.8, 4) is 16.9 Å². The standard InChI is InChI=1S/C21H18ClNO2/c1-15-7-10-18(13-20(15)22)23-21(24)14-25-19-11-8-17(9-12-19)16-5-3-2-4-6-16/h2-13H,14H2,1H3,(H,23,24). The van der Waals surface area contributed by atoms with Crippen molar-refractivity contribution < 1.29 is 9.53 Å². The van der Waals surface area contributed by atoms with Crippen LogP contribution in [0.1, 0.15) is 5.56 Å². The van der Waals surface area contributed by atoms with Gasteiger partial charge in [-0.3, -0.25) is 4.79 Å². The molecule has 0 bridgehead atoms. The Hall–Kier alpha value is -2.78. The summed E-state index contributed by atoms with van der Waals surface area (Å²) < 4.78 is 5.54. The lowest BCUT2D eigenvalue weighted by molar-refractivity contribution is -0.118. The third-order valence-electron chi connectivity index (χ3n) is 3.79. The van der Waals surface area contributed by atoms with Gasteiger partial charge in [-0.25, -0.2) is 0 Å². The molecule has 0 atom stereocenters.